The Labute approximate surface area is 110 Å². The first-order valence-electron chi connectivity index (χ1n) is 5.88. The molecule has 1 aromatic rings. The van der Waals surface area contributed by atoms with Gasteiger partial charge in [0.25, 0.3) is 5.92 Å². The van der Waals surface area contributed by atoms with Crippen LogP contribution in [-0.2, 0) is 11.2 Å². The maximum atomic E-state index is 13.7. The van der Waals surface area contributed by atoms with E-state index >= 15 is 0 Å². The number of benzene rings is 1. The third-order valence-corrected chi connectivity index (χ3v) is 2.97. The number of Topliss-reactive ketones (excluding diaryl/α,β-unsaturated/α-hetero) is 1. The van der Waals surface area contributed by atoms with Gasteiger partial charge in [-0.05, 0) is 18.9 Å². The molecule has 3 unspecified atom stereocenters. The number of halogens is 2. The monoisotopic (exact) mass is 272 g/mol. The average molecular weight is 272 g/mol. The summed E-state index contributed by atoms with van der Waals surface area (Å²) in [5, 5.41) is 9.62. The normalized spacial score (nSPS) is 16.7. The summed E-state index contributed by atoms with van der Waals surface area (Å²) < 4.78 is 27.5. The van der Waals surface area contributed by atoms with Crippen LogP contribution in [0.3, 0.4) is 0 Å². The smallest absolute Gasteiger partial charge is 0.296 e. The Hall–Kier alpha value is -1.37. The fourth-order valence-electron chi connectivity index (χ4n) is 1.74. The average Bonchev–Trinajstić information content (AvgIpc) is 2.37. The maximum absolute atomic E-state index is 13.7. The van der Waals surface area contributed by atoms with Gasteiger partial charge in [0.1, 0.15) is 12.1 Å². The summed E-state index contributed by atoms with van der Waals surface area (Å²) >= 11 is 0. The molecule has 106 valence electrons. The molecule has 0 aliphatic rings. The topological polar surface area (TPSA) is 89.3 Å². The van der Waals surface area contributed by atoms with Gasteiger partial charge in [-0.25, -0.2) is 8.78 Å². The standard InChI is InChI=1S/C13H18F2N2O2/c1-8(18)11(17)13(14,15)12(19)10(16)7-9-5-3-2-4-6-9/h2-6,10-12,19H,7,16-17H2,1H3. The second-order valence-corrected chi connectivity index (χ2v) is 4.56. The Morgan fingerprint density at radius 1 is 1.32 bits per heavy atom. The lowest BCUT2D eigenvalue weighted by Gasteiger charge is -2.30. The molecule has 0 saturated carbocycles. The first kappa shape index (κ1) is 15.7. The minimum atomic E-state index is -3.75. The van der Waals surface area contributed by atoms with E-state index in [0.717, 1.165) is 12.5 Å². The predicted octanol–water partition coefficient (Wildman–Crippen LogP) is 0.469. The minimum absolute atomic E-state index is 0.0716. The highest BCUT2D eigenvalue weighted by atomic mass is 19.3. The van der Waals surface area contributed by atoms with Crippen LogP contribution < -0.4 is 11.5 Å². The molecule has 4 nitrogen and oxygen atoms in total. The molecule has 0 saturated heterocycles. The molecule has 0 spiro atoms. The number of carbonyl (C=O) groups is 1. The molecule has 1 aromatic carbocycles. The summed E-state index contributed by atoms with van der Waals surface area (Å²) in [6, 6.07) is 5.45. The fraction of sp³-hybridized carbons (Fsp3) is 0.462. The molecule has 0 aliphatic heterocycles. The number of hydrogen-bond acceptors (Lipinski definition) is 4. The molecule has 0 aliphatic carbocycles. The molecule has 6 heteroatoms. The van der Waals surface area contributed by atoms with Crippen LogP contribution in [0.5, 0.6) is 0 Å². The van der Waals surface area contributed by atoms with E-state index in [4.69, 9.17) is 11.5 Å². The van der Waals surface area contributed by atoms with Crippen molar-refractivity contribution in [2.75, 3.05) is 0 Å². The molecule has 0 radical (unpaired) electrons. The Morgan fingerprint density at radius 3 is 2.32 bits per heavy atom. The molecule has 3 atom stereocenters. The van der Waals surface area contributed by atoms with E-state index < -0.39 is 29.9 Å². The number of nitrogens with two attached hydrogens (primary N) is 2. The van der Waals surface area contributed by atoms with Crippen LogP contribution >= 0.6 is 0 Å². The molecule has 0 aromatic heterocycles. The first-order chi connectivity index (χ1) is 8.76. The van der Waals surface area contributed by atoms with Crippen molar-refractivity contribution < 1.29 is 18.7 Å². The quantitative estimate of drug-likeness (QED) is 0.702. The zero-order valence-electron chi connectivity index (χ0n) is 10.6. The molecule has 0 amide bonds. The Kier molecular flexibility index (Phi) is 5.11. The van der Waals surface area contributed by atoms with Gasteiger partial charge in [0.15, 0.2) is 5.78 Å². The molecule has 19 heavy (non-hydrogen) atoms. The van der Waals surface area contributed by atoms with Crippen LogP contribution in [0.2, 0.25) is 0 Å². The third kappa shape index (κ3) is 3.79. The van der Waals surface area contributed by atoms with Gasteiger partial charge in [0.05, 0.1) is 0 Å². The number of carbonyl (C=O) groups excluding carboxylic acids is 1. The van der Waals surface area contributed by atoms with Crippen LogP contribution in [-0.4, -0.2) is 35.0 Å². The van der Waals surface area contributed by atoms with Gasteiger partial charge >= 0.3 is 0 Å². The van der Waals surface area contributed by atoms with Gasteiger partial charge in [-0.3, -0.25) is 4.79 Å². The molecular formula is C13H18F2N2O2. The van der Waals surface area contributed by atoms with Crippen LogP contribution in [0.25, 0.3) is 0 Å². The third-order valence-electron chi connectivity index (χ3n) is 2.97. The fourth-order valence-corrected chi connectivity index (χ4v) is 1.74. The van der Waals surface area contributed by atoms with Crippen molar-refractivity contribution in [3.8, 4) is 0 Å². The van der Waals surface area contributed by atoms with Crippen molar-refractivity contribution >= 4 is 5.78 Å². The number of aliphatic hydroxyl groups excluding tert-OH is 1. The largest absolute Gasteiger partial charge is 0.385 e. The van der Waals surface area contributed by atoms with Gasteiger partial charge in [0.2, 0.25) is 0 Å². The van der Waals surface area contributed by atoms with Crippen molar-refractivity contribution in [3.63, 3.8) is 0 Å². The van der Waals surface area contributed by atoms with E-state index in [1.165, 1.54) is 0 Å². The zero-order chi connectivity index (χ0) is 14.6. The Bertz CT molecular complexity index is 426. The van der Waals surface area contributed by atoms with Crippen molar-refractivity contribution in [1.29, 1.82) is 0 Å². The predicted molar refractivity (Wildman–Crippen MR) is 67.7 cm³/mol. The maximum Gasteiger partial charge on any atom is 0.296 e. The van der Waals surface area contributed by atoms with Gasteiger partial charge in [-0.15, -0.1) is 0 Å². The Morgan fingerprint density at radius 2 is 1.84 bits per heavy atom. The van der Waals surface area contributed by atoms with Crippen LogP contribution in [0.15, 0.2) is 30.3 Å². The van der Waals surface area contributed by atoms with Crippen LogP contribution in [0.4, 0.5) is 8.78 Å². The highest BCUT2D eigenvalue weighted by molar-refractivity contribution is 5.82. The number of alkyl halides is 2. The molecule has 0 fully saturated rings. The summed E-state index contributed by atoms with van der Waals surface area (Å²) in [5.41, 5.74) is 11.4. The van der Waals surface area contributed by atoms with Crippen molar-refractivity contribution in [2.24, 2.45) is 11.5 Å². The van der Waals surface area contributed by atoms with E-state index in [1.54, 1.807) is 30.3 Å². The summed E-state index contributed by atoms with van der Waals surface area (Å²) in [5.74, 6) is -4.64. The lowest BCUT2D eigenvalue weighted by Crippen LogP contribution is -2.59. The van der Waals surface area contributed by atoms with E-state index in [9.17, 15) is 18.7 Å². The van der Waals surface area contributed by atoms with E-state index in [2.05, 4.69) is 0 Å². The molecule has 1 rings (SSSR count). The van der Waals surface area contributed by atoms with Gasteiger partial charge < -0.3 is 16.6 Å². The SMILES string of the molecule is CC(=O)C(N)C(F)(F)C(O)C(N)Cc1ccccc1. The van der Waals surface area contributed by atoms with Crippen molar-refractivity contribution in [3.05, 3.63) is 35.9 Å². The molecule has 0 heterocycles. The molecule has 5 N–H and O–H groups in total. The van der Waals surface area contributed by atoms with Crippen molar-refractivity contribution in [1.82, 2.24) is 0 Å². The highest BCUT2D eigenvalue weighted by Crippen LogP contribution is 2.25. The summed E-state index contributed by atoms with van der Waals surface area (Å²) in [6.07, 6.45) is -2.10. The number of rotatable bonds is 6. The first-order valence-corrected chi connectivity index (χ1v) is 5.88. The van der Waals surface area contributed by atoms with Crippen LogP contribution in [0.1, 0.15) is 12.5 Å². The van der Waals surface area contributed by atoms with E-state index in [-0.39, 0.29) is 6.42 Å². The van der Waals surface area contributed by atoms with Crippen molar-refractivity contribution in [2.45, 2.75) is 37.5 Å². The zero-order valence-corrected chi connectivity index (χ0v) is 10.6. The Balaban J connectivity index is 2.76. The number of ketones is 1. The number of hydrogen-bond donors (Lipinski definition) is 3. The molecular weight excluding hydrogens is 254 g/mol. The van der Waals surface area contributed by atoms with Crippen LogP contribution in [0, 0.1) is 0 Å². The van der Waals surface area contributed by atoms with E-state index in [0.29, 0.717) is 0 Å². The lowest BCUT2D eigenvalue weighted by molar-refractivity contribution is -0.150. The van der Waals surface area contributed by atoms with E-state index in [1.807, 2.05) is 0 Å². The minimum Gasteiger partial charge on any atom is -0.385 e. The van der Waals surface area contributed by atoms with Gasteiger partial charge in [-0.2, -0.15) is 0 Å². The summed E-state index contributed by atoms with van der Waals surface area (Å²) in [6.45, 7) is 0.952. The van der Waals surface area contributed by atoms with Gasteiger partial charge in [0, 0.05) is 6.04 Å². The second-order valence-electron chi connectivity index (χ2n) is 4.56. The summed E-state index contributed by atoms with van der Waals surface area (Å²) in [4.78, 5) is 10.9. The number of aliphatic hydroxyl groups is 1. The second kappa shape index (κ2) is 6.18. The molecule has 0 bridgehead atoms. The van der Waals surface area contributed by atoms with Gasteiger partial charge in [-0.1, -0.05) is 30.3 Å². The lowest BCUT2D eigenvalue weighted by atomic mass is 9.93. The summed E-state index contributed by atoms with van der Waals surface area (Å²) in [7, 11) is 0. The highest BCUT2D eigenvalue weighted by Gasteiger charge is 2.49.